The minimum absolute atomic E-state index is 0.0987. The van der Waals surface area contributed by atoms with Crippen molar-refractivity contribution < 1.29 is 13.7 Å². The molecule has 132 valence electrons. The highest BCUT2D eigenvalue weighted by Crippen LogP contribution is 2.36. The minimum Gasteiger partial charge on any atom is -0.367 e. The van der Waals surface area contributed by atoms with E-state index in [2.05, 4.69) is 15.0 Å². The average molecular weight is 370 g/mol. The number of hydrogen-bond donors (Lipinski definition) is 0. The van der Waals surface area contributed by atoms with Crippen molar-refractivity contribution in [1.29, 1.82) is 0 Å². The molecule has 6 rings (SSSR count). The molecule has 0 spiro atoms. The van der Waals surface area contributed by atoms with E-state index in [0.717, 1.165) is 17.0 Å². The predicted octanol–water partition coefficient (Wildman–Crippen LogP) is 3.04. The van der Waals surface area contributed by atoms with E-state index >= 15 is 0 Å². The minimum atomic E-state index is -0.488. The normalized spacial score (nSPS) is 21.6. The van der Waals surface area contributed by atoms with Gasteiger partial charge in [-0.2, -0.15) is 4.39 Å². The molecule has 0 radical (unpaired) electrons. The number of amides is 1. The second-order valence-corrected chi connectivity index (χ2v) is 7.50. The lowest BCUT2D eigenvalue weighted by Gasteiger charge is -2.56. The maximum atomic E-state index is 13.4. The number of nitrogens with zero attached hydrogens (tertiary/aromatic N) is 4. The van der Waals surface area contributed by atoms with Gasteiger partial charge in [-0.05, 0) is 23.9 Å². The van der Waals surface area contributed by atoms with Crippen molar-refractivity contribution in [3.05, 3.63) is 53.6 Å². The highest BCUT2D eigenvalue weighted by molar-refractivity contribution is 7.13. The molecule has 2 unspecified atom stereocenters. The number of fused-ring (bicyclic) bond motifs is 2. The number of piperazine rings is 1. The predicted molar refractivity (Wildman–Crippen MR) is 94.6 cm³/mol. The first-order valence-electron chi connectivity index (χ1n) is 8.39. The van der Waals surface area contributed by atoms with Crippen molar-refractivity contribution in [1.82, 2.24) is 15.0 Å². The molecule has 26 heavy (non-hydrogen) atoms. The molecular weight excluding hydrogens is 355 g/mol. The molecule has 3 fully saturated rings. The second kappa shape index (κ2) is 5.91. The third-order valence-electron chi connectivity index (χ3n) is 5.00. The van der Waals surface area contributed by atoms with Crippen LogP contribution in [0.25, 0.3) is 10.6 Å². The van der Waals surface area contributed by atoms with Gasteiger partial charge in [0.25, 0.3) is 5.91 Å². The quantitative estimate of drug-likeness (QED) is 0.663. The Hall–Kier alpha value is -2.74. The van der Waals surface area contributed by atoms with Crippen molar-refractivity contribution in [2.75, 3.05) is 18.0 Å². The molecule has 8 heteroatoms. The first kappa shape index (κ1) is 15.5. The van der Waals surface area contributed by atoms with Crippen LogP contribution in [0, 0.1) is 5.95 Å². The zero-order valence-electron chi connectivity index (χ0n) is 13.7. The van der Waals surface area contributed by atoms with Gasteiger partial charge in [-0.3, -0.25) is 4.79 Å². The van der Waals surface area contributed by atoms with E-state index in [1.165, 1.54) is 12.3 Å². The number of hydrogen-bond acceptors (Lipinski definition) is 6. The molecule has 1 amide bonds. The van der Waals surface area contributed by atoms with E-state index in [0.29, 0.717) is 24.5 Å². The van der Waals surface area contributed by atoms with E-state index in [-0.39, 0.29) is 18.0 Å². The molecule has 6 nitrogen and oxygen atoms in total. The molecule has 0 N–H and O–H groups in total. The third-order valence-corrected chi connectivity index (χ3v) is 5.88. The van der Waals surface area contributed by atoms with Crippen molar-refractivity contribution in [3.8, 4) is 10.6 Å². The van der Waals surface area contributed by atoms with E-state index in [4.69, 9.17) is 4.52 Å². The zero-order chi connectivity index (χ0) is 17.7. The Morgan fingerprint density at radius 1 is 1.27 bits per heavy atom. The van der Waals surface area contributed by atoms with Crippen molar-refractivity contribution in [2.45, 2.75) is 18.5 Å². The lowest BCUT2D eigenvalue weighted by molar-refractivity contribution is 0.00508. The fourth-order valence-corrected chi connectivity index (χ4v) is 4.46. The van der Waals surface area contributed by atoms with Crippen LogP contribution in [0.15, 0.2) is 46.4 Å². The van der Waals surface area contributed by atoms with Crippen LogP contribution in [-0.2, 0) is 0 Å². The standard InChI is InChI=1S/C18H15FN4O2S/c19-17-7-11(3-4-20-17)22-9-12-6-13(10-22)23(12)18(24)14-8-15(25-21-14)16-2-1-5-26-16/h1-5,7-8,12-13H,6,9-10H2. The largest absolute Gasteiger partial charge is 0.367 e. The summed E-state index contributed by atoms with van der Waals surface area (Å²) in [6, 6.07) is 9.02. The first-order chi connectivity index (χ1) is 12.7. The van der Waals surface area contributed by atoms with Crippen LogP contribution in [0.5, 0.6) is 0 Å². The molecule has 2 atom stereocenters. The van der Waals surface area contributed by atoms with Gasteiger partial charge in [0.15, 0.2) is 11.5 Å². The number of aromatic nitrogens is 2. The Balaban J connectivity index is 1.31. The third kappa shape index (κ3) is 2.48. The van der Waals surface area contributed by atoms with Gasteiger partial charge in [0, 0.05) is 37.1 Å². The number of thiophene rings is 1. The highest BCUT2D eigenvalue weighted by Gasteiger charge is 2.48. The van der Waals surface area contributed by atoms with Crippen molar-refractivity contribution in [3.63, 3.8) is 0 Å². The molecule has 2 bridgehead atoms. The van der Waals surface area contributed by atoms with Gasteiger partial charge in [0.1, 0.15) is 0 Å². The van der Waals surface area contributed by atoms with E-state index in [9.17, 15) is 9.18 Å². The molecule has 3 aliphatic rings. The Morgan fingerprint density at radius 3 is 2.85 bits per heavy atom. The Labute approximate surface area is 152 Å². The summed E-state index contributed by atoms with van der Waals surface area (Å²) in [5.74, 6) is 0.0275. The monoisotopic (exact) mass is 370 g/mol. The fourth-order valence-electron chi connectivity index (χ4n) is 3.78. The number of pyridine rings is 1. The summed E-state index contributed by atoms with van der Waals surface area (Å²) in [4.78, 5) is 21.4. The lowest BCUT2D eigenvalue weighted by Crippen LogP contribution is -2.70. The summed E-state index contributed by atoms with van der Waals surface area (Å²) < 4.78 is 18.7. The topological polar surface area (TPSA) is 62.5 Å². The molecule has 6 heterocycles. The summed E-state index contributed by atoms with van der Waals surface area (Å²) in [6.07, 6.45) is 2.43. The molecule has 3 aromatic rings. The maximum absolute atomic E-state index is 13.4. The van der Waals surface area contributed by atoms with E-state index in [1.807, 2.05) is 22.4 Å². The van der Waals surface area contributed by atoms with Gasteiger partial charge in [-0.1, -0.05) is 11.2 Å². The smallest absolute Gasteiger partial charge is 0.276 e. The highest BCUT2D eigenvalue weighted by atomic mass is 32.1. The molecule has 0 aromatic carbocycles. The number of carbonyl (C=O) groups excluding carboxylic acids is 1. The van der Waals surface area contributed by atoms with Crippen molar-refractivity contribution >= 4 is 22.9 Å². The van der Waals surface area contributed by atoms with Gasteiger partial charge < -0.3 is 14.3 Å². The summed E-state index contributed by atoms with van der Waals surface area (Å²) in [5, 5.41) is 5.91. The van der Waals surface area contributed by atoms with Gasteiger partial charge in [0.05, 0.1) is 17.0 Å². The Morgan fingerprint density at radius 2 is 2.12 bits per heavy atom. The first-order valence-corrected chi connectivity index (χ1v) is 9.27. The van der Waals surface area contributed by atoms with E-state index in [1.54, 1.807) is 23.5 Å². The lowest BCUT2D eigenvalue weighted by atomic mass is 9.86. The van der Waals surface area contributed by atoms with Gasteiger partial charge in [-0.15, -0.1) is 11.3 Å². The van der Waals surface area contributed by atoms with Crippen LogP contribution in [-0.4, -0.2) is 46.1 Å². The molecule has 3 aromatic heterocycles. The second-order valence-electron chi connectivity index (χ2n) is 6.55. The number of anilines is 1. The molecule has 0 saturated carbocycles. The van der Waals surface area contributed by atoms with Crippen LogP contribution >= 0.6 is 11.3 Å². The Kier molecular flexibility index (Phi) is 3.53. The summed E-state index contributed by atoms with van der Waals surface area (Å²) in [7, 11) is 0. The number of piperidine rings is 1. The summed E-state index contributed by atoms with van der Waals surface area (Å²) in [6.45, 7) is 1.36. The Bertz CT molecular complexity index is 946. The number of carbonyl (C=O) groups is 1. The van der Waals surface area contributed by atoms with Gasteiger partial charge in [0.2, 0.25) is 5.95 Å². The zero-order valence-corrected chi connectivity index (χ0v) is 14.5. The average Bonchev–Trinajstić information content (AvgIpc) is 3.33. The van der Waals surface area contributed by atoms with Gasteiger partial charge in [-0.25, -0.2) is 4.98 Å². The number of halogens is 1. The van der Waals surface area contributed by atoms with Crippen LogP contribution in [0.2, 0.25) is 0 Å². The SMILES string of the molecule is O=C(c1cc(-c2cccs2)on1)N1C2CC1CN(c1ccnc(F)c1)C2. The molecular formula is C18H15FN4O2S. The summed E-state index contributed by atoms with van der Waals surface area (Å²) in [5.41, 5.74) is 1.15. The number of rotatable bonds is 3. The maximum Gasteiger partial charge on any atom is 0.276 e. The van der Waals surface area contributed by atoms with Crippen LogP contribution in [0.4, 0.5) is 10.1 Å². The molecule has 3 aliphatic heterocycles. The summed E-state index contributed by atoms with van der Waals surface area (Å²) >= 11 is 1.54. The molecule has 0 aliphatic carbocycles. The van der Waals surface area contributed by atoms with Crippen LogP contribution < -0.4 is 4.90 Å². The fraction of sp³-hybridized carbons (Fsp3) is 0.278. The van der Waals surface area contributed by atoms with Crippen LogP contribution in [0.3, 0.4) is 0 Å². The van der Waals surface area contributed by atoms with Crippen LogP contribution in [0.1, 0.15) is 16.9 Å². The van der Waals surface area contributed by atoms with Crippen molar-refractivity contribution in [2.24, 2.45) is 0 Å². The van der Waals surface area contributed by atoms with E-state index < -0.39 is 5.95 Å². The molecule has 3 saturated heterocycles. The van der Waals surface area contributed by atoms with Gasteiger partial charge >= 0.3 is 0 Å².